The van der Waals surface area contributed by atoms with E-state index in [0.717, 1.165) is 6.07 Å². The van der Waals surface area contributed by atoms with Crippen LogP contribution in [0, 0.1) is 10.1 Å². The third-order valence-corrected chi connectivity index (χ3v) is 4.60. The van der Waals surface area contributed by atoms with E-state index in [-0.39, 0.29) is 16.6 Å². The molecule has 0 aromatic heterocycles. The van der Waals surface area contributed by atoms with Gasteiger partial charge in [-0.15, -0.1) is 0 Å². The van der Waals surface area contributed by atoms with Crippen molar-refractivity contribution < 1.29 is 13.3 Å². The van der Waals surface area contributed by atoms with Gasteiger partial charge in [-0.25, -0.2) is 13.1 Å². The molecule has 1 rings (SSSR count). The summed E-state index contributed by atoms with van der Waals surface area (Å²) in [4.78, 5) is 10.1. The average molecular weight is 301 g/mol. The first kappa shape index (κ1) is 16.4. The third-order valence-electron chi connectivity index (χ3n) is 3.04. The van der Waals surface area contributed by atoms with Crippen molar-refractivity contribution in [2.45, 2.75) is 37.6 Å². The number of hydrogen-bond donors (Lipinski definition) is 2. The molecule has 1 aromatic rings. The van der Waals surface area contributed by atoms with Gasteiger partial charge in [-0.2, -0.15) is 0 Å². The van der Waals surface area contributed by atoms with Gasteiger partial charge in [-0.3, -0.25) is 10.1 Å². The van der Waals surface area contributed by atoms with Crippen LogP contribution in [0.25, 0.3) is 0 Å². The number of nitro benzene ring substituents is 1. The third kappa shape index (κ3) is 3.67. The Balaban J connectivity index is 3.28. The van der Waals surface area contributed by atoms with Gasteiger partial charge in [0.25, 0.3) is 5.69 Å². The van der Waals surface area contributed by atoms with E-state index in [1.54, 1.807) is 7.05 Å². The first-order valence-corrected chi connectivity index (χ1v) is 7.82. The normalized spacial score (nSPS) is 11.6. The predicted octanol–water partition coefficient (Wildman–Crippen LogP) is 2.10. The highest BCUT2D eigenvalue weighted by atomic mass is 32.2. The van der Waals surface area contributed by atoms with Gasteiger partial charge in [-0.1, -0.05) is 13.8 Å². The van der Waals surface area contributed by atoms with Gasteiger partial charge >= 0.3 is 0 Å². The summed E-state index contributed by atoms with van der Waals surface area (Å²) in [5.74, 6) is 0. The molecule has 0 aliphatic rings. The van der Waals surface area contributed by atoms with Crippen molar-refractivity contribution in [3.05, 3.63) is 28.3 Å². The van der Waals surface area contributed by atoms with Crippen LogP contribution in [0.2, 0.25) is 0 Å². The van der Waals surface area contributed by atoms with Gasteiger partial charge < -0.3 is 5.32 Å². The van der Waals surface area contributed by atoms with E-state index < -0.39 is 14.9 Å². The zero-order valence-corrected chi connectivity index (χ0v) is 12.5. The summed E-state index contributed by atoms with van der Waals surface area (Å²) in [6.07, 6.45) is 1.30. The largest absolute Gasteiger partial charge is 0.387 e. The predicted molar refractivity (Wildman–Crippen MR) is 77.3 cm³/mol. The average Bonchev–Trinajstić information content (AvgIpc) is 2.43. The molecule has 0 bridgehead atoms. The van der Waals surface area contributed by atoms with Crippen LogP contribution in [0.1, 0.15) is 26.7 Å². The van der Waals surface area contributed by atoms with Crippen molar-refractivity contribution in [2.24, 2.45) is 0 Å². The van der Waals surface area contributed by atoms with E-state index in [1.165, 1.54) is 12.1 Å². The van der Waals surface area contributed by atoms with Gasteiger partial charge in [0.2, 0.25) is 10.0 Å². The number of nitrogens with one attached hydrogen (secondary N) is 2. The molecule has 0 saturated heterocycles. The zero-order valence-electron chi connectivity index (χ0n) is 11.7. The molecule has 20 heavy (non-hydrogen) atoms. The van der Waals surface area contributed by atoms with Crippen molar-refractivity contribution in [1.29, 1.82) is 0 Å². The molecule has 0 unspecified atom stereocenters. The van der Waals surface area contributed by atoms with Crippen molar-refractivity contribution >= 4 is 21.4 Å². The van der Waals surface area contributed by atoms with Crippen molar-refractivity contribution in [3.8, 4) is 0 Å². The molecule has 1 aromatic carbocycles. The summed E-state index contributed by atoms with van der Waals surface area (Å²) < 4.78 is 27.2. The summed E-state index contributed by atoms with van der Waals surface area (Å²) in [5, 5.41) is 13.5. The molecule has 2 N–H and O–H groups in total. The second-order valence-electron chi connectivity index (χ2n) is 4.32. The van der Waals surface area contributed by atoms with Crippen LogP contribution in [-0.4, -0.2) is 26.4 Å². The van der Waals surface area contributed by atoms with Crippen LogP contribution in [0.4, 0.5) is 11.4 Å². The number of benzene rings is 1. The Morgan fingerprint density at radius 2 is 1.90 bits per heavy atom. The molecule has 112 valence electrons. The van der Waals surface area contributed by atoms with Crippen molar-refractivity contribution in [3.63, 3.8) is 0 Å². The minimum absolute atomic E-state index is 0.110. The molecule has 0 heterocycles. The molecular weight excluding hydrogens is 282 g/mol. The van der Waals surface area contributed by atoms with Crippen LogP contribution in [0.15, 0.2) is 23.1 Å². The van der Waals surface area contributed by atoms with Gasteiger partial charge in [0, 0.05) is 25.2 Å². The Hall–Kier alpha value is -1.67. The van der Waals surface area contributed by atoms with E-state index in [9.17, 15) is 18.5 Å². The van der Waals surface area contributed by atoms with Gasteiger partial charge in [-0.05, 0) is 18.9 Å². The lowest BCUT2D eigenvalue weighted by molar-refractivity contribution is -0.385. The lowest BCUT2D eigenvalue weighted by Gasteiger charge is -2.16. The Kier molecular flexibility index (Phi) is 5.46. The van der Waals surface area contributed by atoms with E-state index in [4.69, 9.17) is 0 Å². The van der Waals surface area contributed by atoms with E-state index in [0.29, 0.717) is 18.5 Å². The maximum absolute atomic E-state index is 12.3. The highest BCUT2D eigenvalue weighted by molar-refractivity contribution is 7.89. The summed E-state index contributed by atoms with van der Waals surface area (Å²) in [7, 11) is -2.23. The number of hydrogen-bond acceptors (Lipinski definition) is 5. The quantitative estimate of drug-likeness (QED) is 0.593. The minimum atomic E-state index is -3.80. The Labute approximate surface area is 118 Å². The van der Waals surface area contributed by atoms with Crippen LogP contribution in [-0.2, 0) is 10.0 Å². The van der Waals surface area contributed by atoms with Gasteiger partial charge in [0.1, 0.15) is 4.90 Å². The number of non-ortho nitro benzene ring substituents is 1. The fourth-order valence-corrected chi connectivity index (χ4v) is 3.43. The van der Waals surface area contributed by atoms with Crippen molar-refractivity contribution in [1.82, 2.24) is 4.72 Å². The Morgan fingerprint density at radius 3 is 2.35 bits per heavy atom. The number of rotatable bonds is 7. The van der Waals surface area contributed by atoms with Crippen LogP contribution in [0.5, 0.6) is 0 Å². The number of nitro groups is 1. The van der Waals surface area contributed by atoms with E-state index >= 15 is 0 Å². The smallest absolute Gasteiger partial charge is 0.270 e. The molecule has 0 spiro atoms. The molecule has 0 aliphatic heterocycles. The summed E-state index contributed by atoms with van der Waals surface area (Å²) in [6, 6.07) is 3.53. The molecule has 0 aliphatic carbocycles. The zero-order chi connectivity index (χ0) is 15.3. The van der Waals surface area contributed by atoms with Crippen LogP contribution >= 0.6 is 0 Å². The van der Waals surface area contributed by atoms with Gasteiger partial charge in [0.15, 0.2) is 0 Å². The Morgan fingerprint density at radius 1 is 1.30 bits per heavy atom. The summed E-state index contributed by atoms with van der Waals surface area (Å²) in [6.45, 7) is 3.76. The molecule has 0 saturated carbocycles. The number of sulfonamides is 1. The van der Waals surface area contributed by atoms with E-state index in [2.05, 4.69) is 10.0 Å². The van der Waals surface area contributed by atoms with Crippen LogP contribution < -0.4 is 10.0 Å². The second kappa shape index (κ2) is 6.67. The monoisotopic (exact) mass is 301 g/mol. The van der Waals surface area contributed by atoms with Crippen molar-refractivity contribution in [2.75, 3.05) is 12.4 Å². The Bertz CT molecular complexity index is 582. The lowest BCUT2D eigenvalue weighted by Crippen LogP contribution is -2.34. The molecular formula is C12H19N3O4S. The SMILES string of the molecule is CCC(CC)NS(=O)(=O)c1cc([N+](=O)[O-])ccc1NC. The standard InChI is InChI=1S/C12H19N3O4S/c1-4-9(5-2)14-20(18,19)12-8-10(15(16)17)6-7-11(12)13-3/h6-9,13-14H,4-5H2,1-3H3. The molecule has 0 fully saturated rings. The molecule has 0 radical (unpaired) electrons. The number of anilines is 1. The maximum Gasteiger partial charge on any atom is 0.270 e. The number of nitrogens with zero attached hydrogens (tertiary/aromatic N) is 1. The first-order chi connectivity index (χ1) is 9.35. The van der Waals surface area contributed by atoms with Gasteiger partial charge in [0.05, 0.1) is 10.6 Å². The first-order valence-electron chi connectivity index (χ1n) is 6.34. The highest BCUT2D eigenvalue weighted by Crippen LogP contribution is 2.26. The topological polar surface area (TPSA) is 101 Å². The van der Waals surface area contributed by atoms with E-state index in [1.807, 2.05) is 13.8 Å². The fraction of sp³-hybridized carbons (Fsp3) is 0.500. The summed E-state index contributed by atoms with van der Waals surface area (Å²) >= 11 is 0. The molecule has 7 nitrogen and oxygen atoms in total. The molecule has 0 amide bonds. The second-order valence-corrected chi connectivity index (χ2v) is 6.00. The van der Waals surface area contributed by atoms with Crippen LogP contribution in [0.3, 0.4) is 0 Å². The molecule has 8 heteroatoms. The maximum atomic E-state index is 12.3. The highest BCUT2D eigenvalue weighted by Gasteiger charge is 2.23. The fourth-order valence-electron chi connectivity index (χ4n) is 1.79. The lowest BCUT2D eigenvalue weighted by atomic mass is 10.2. The summed E-state index contributed by atoms with van der Waals surface area (Å²) in [5.41, 5.74) is 0.0722. The molecule has 0 atom stereocenters. The minimum Gasteiger partial charge on any atom is -0.387 e.